The number of amides is 1. The van der Waals surface area contributed by atoms with E-state index in [9.17, 15) is 13.2 Å². The first-order chi connectivity index (χ1) is 10.4. The molecule has 1 aliphatic carbocycles. The quantitative estimate of drug-likeness (QED) is 0.815. The van der Waals surface area contributed by atoms with Gasteiger partial charge in [-0.25, -0.2) is 13.6 Å². The zero-order chi connectivity index (χ0) is 16.2. The number of benzene rings is 1. The highest BCUT2D eigenvalue weighted by molar-refractivity contribution is 7.89. The minimum Gasteiger partial charge on any atom is -0.352 e. The fourth-order valence-corrected chi connectivity index (χ4v) is 3.26. The van der Waals surface area contributed by atoms with Crippen LogP contribution >= 0.6 is 0 Å². The van der Waals surface area contributed by atoms with Crippen LogP contribution in [-0.4, -0.2) is 20.9 Å². The normalized spacial score (nSPS) is 15.3. The third-order valence-electron chi connectivity index (χ3n) is 3.76. The summed E-state index contributed by atoms with van der Waals surface area (Å²) in [6.07, 6.45) is 7.79. The summed E-state index contributed by atoms with van der Waals surface area (Å²) in [7, 11) is -3.81. The van der Waals surface area contributed by atoms with Crippen molar-refractivity contribution in [2.45, 2.75) is 43.9 Å². The summed E-state index contributed by atoms with van der Waals surface area (Å²) in [4.78, 5) is 12.1. The summed E-state index contributed by atoms with van der Waals surface area (Å²) in [5.41, 5.74) is 2.40. The van der Waals surface area contributed by atoms with Gasteiger partial charge in [0.15, 0.2) is 0 Å². The number of primary sulfonamides is 1. The average molecular weight is 322 g/mol. The second-order valence-corrected chi connectivity index (χ2v) is 7.26. The Labute approximate surface area is 131 Å². The van der Waals surface area contributed by atoms with Gasteiger partial charge in [-0.05, 0) is 62.8 Å². The number of hydrogen-bond donors (Lipinski definition) is 2. The molecular formula is C16H22N2O3S. The molecule has 0 fully saturated rings. The molecule has 0 spiro atoms. The van der Waals surface area contributed by atoms with Gasteiger partial charge in [-0.1, -0.05) is 11.6 Å². The molecule has 0 saturated carbocycles. The van der Waals surface area contributed by atoms with Crippen LogP contribution in [0.5, 0.6) is 0 Å². The van der Waals surface area contributed by atoms with Crippen LogP contribution in [0.4, 0.5) is 0 Å². The number of hydrogen-bond acceptors (Lipinski definition) is 3. The second-order valence-electron chi connectivity index (χ2n) is 5.69. The number of sulfonamides is 1. The highest BCUT2D eigenvalue weighted by Gasteiger charge is 2.13. The number of nitrogens with one attached hydrogen (secondary N) is 1. The summed E-state index contributed by atoms with van der Waals surface area (Å²) in [6, 6.07) is 4.43. The molecule has 120 valence electrons. The third-order valence-corrected chi connectivity index (χ3v) is 4.65. The topological polar surface area (TPSA) is 89.3 Å². The predicted octanol–water partition coefficient (Wildman–Crippen LogP) is 2.26. The molecule has 2 rings (SSSR count). The van der Waals surface area contributed by atoms with Gasteiger partial charge in [0.25, 0.3) is 5.91 Å². The highest BCUT2D eigenvalue weighted by Crippen LogP contribution is 2.19. The minimum absolute atomic E-state index is 0.0346. The number of carbonyl (C=O) groups is 1. The lowest BCUT2D eigenvalue weighted by Crippen LogP contribution is -2.25. The molecule has 0 radical (unpaired) electrons. The molecule has 1 aromatic rings. The maximum atomic E-state index is 12.2. The molecule has 5 nitrogen and oxygen atoms in total. The van der Waals surface area contributed by atoms with Crippen LogP contribution in [0, 0.1) is 6.92 Å². The van der Waals surface area contributed by atoms with E-state index >= 15 is 0 Å². The molecule has 0 saturated heterocycles. The van der Waals surface area contributed by atoms with E-state index in [1.165, 1.54) is 30.5 Å². The molecule has 0 bridgehead atoms. The van der Waals surface area contributed by atoms with Crippen LogP contribution < -0.4 is 10.5 Å². The lowest BCUT2D eigenvalue weighted by atomic mass is 9.97. The average Bonchev–Trinajstić information content (AvgIpc) is 2.46. The predicted molar refractivity (Wildman–Crippen MR) is 86.1 cm³/mol. The van der Waals surface area contributed by atoms with E-state index in [-0.39, 0.29) is 10.8 Å². The lowest BCUT2D eigenvalue weighted by Gasteiger charge is -2.13. The van der Waals surface area contributed by atoms with Gasteiger partial charge in [0.1, 0.15) is 0 Å². The maximum absolute atomic E-state index is 12.2. The van der Waals surface area contributed by atoms with Crippen molar-refractivity contribution >= 4 is 15.9 Å². The Bertz CT molecular complexity index is 693. The van der Waals surface area contributed by atoms with Crippen molar-refractivity contribution in [2.75, 3.05) is 6.54 Å². The Kier molecular flexibility index (Phi) is 5.37. The van der Waals surface area contributed by atoms with Crippen LogP contribution in [-0.2, 0) is 10.0 Å². The van der Waals surface area contributed by atoms with Crippen molar-refractivity contribution < 1.29 is 13.2 Å². The Morgan fingerprint density at radius 2 is 2.05 bits per heavy atom. The summed E-state index contributed by atoms with van der Waals surface area (Å²) in [5, 5.41) is 7.96. The molecular weight excluding hydrogens is 300 g/mol. The summed E-state index contributed by atoms with van der Waals surface area (Å²) in [6.45, 7) is 2.29. The van der Waals surface area contributed by atoms with Crippen LogP contribution in [0.3, 0.4) is 0 Å². The Hall–Kier alpha value is -1.66. The van der Waals surface area contributed by atoms with E-state index in [2.05, 4.69) is 11.4 Å². The Balaban J connectivity index is 2.00. The van der Waals surface area contributed by atoms with Gasteiger partial charge in [0.2, 0.25) is 10.0 Å². The van der Waals surface area contributed by atoms with Crippen molar-refractivity contribution in [1.82, 2.24) is 5.32 Å². The zero-order valence-corrected chi connectivity index (χ0v) is 13.6. The Morgan fingerprint density at radius 3 is 2.68 bits per heavy atom. The first-order valence-electron chi connectivity index (χ1n) is 7.47. The first-order valence-corrected chi connectivity index (χ1v) is 9.01. The minimum atomic E-state index is -3.81. The molecule has 1 aliphatic rings. The van der Waals surface area contributed by atoms with Crippen molar-refractivity contribution in [3.63, 3.8) is 0 Å². The highest BCUT2D eigenvalue weighted by atomic mass is 32.2. The van der Waals surface area contributed by atoms with E-state index in [4.69, 9.17) is 5.14 Å². The molecule has 1 amide bonds. The van der Waals surface area contributed by atoms with Crippen molar-refractivity contribution in [3.05, 3.63) is 41.0 Å². The summed E-state index contributed by atoms with van der Waals surface area (Å²) in [5.74, 6) is -0.273. The largest absolute Gasteiger partial charge is 0.352 e. The van der Waals surface area contributed by atoms with Gasteiger partial charge in [-0.2, -0.15) is 0 Å². The zero-order valence-electron chi connectivity index (χ0n) is 12.8. The van der Waals surface area contributed by atoms with Crippen LogP contribution in [0.25, 0.3) is 0 Å². The number of nitrogens with two attached hydrogens (primary N) is 1. The van der Waals surface area contributed by atoms with Gasteiger partial charge < -0.3 is 5.32 Å². The van der Waals surface area contributed by atoms with E-state index in [0.29, 0.717) is 17.7 Å². The molecule has 6 heteroatoms. The second kappa shape index (κ2) is 7.07. The van der Waals surface area contributed by atoms with E-state index in [0.717, 1.165) is 19.3 Å². The fraction of sp³-hybridized carbons (Fsp3) is 0.438. The smallest absolute Gasteiger partial charge is 0.251 e. The maximum Gasteiger partial charge on any atom is 0.251 e. The van der Waals surface area contributed by atoms with Crippen LogP contribution in [0.2, 0.25) is 0 Å². The van der Waals surface area contributed by atoms with Gasteiger partial charge in [0, 0.05) is 12.1 Å². The van der Waals surface area contributed by atoms with Crippen LogP contribution in [0.15, 0.2) is 34.7 Å². The standard InChI is InChI=1S/C16H22N2O3S/c1-12-9-14(11-15(10-12)22(17,20)21)16(19)18-8-7-13-5-3-2-4-6-13/h5,9-11H,2-4,6-8H2,1H3,(H,18,19)(H2,17,20,21). The van der Waals surface area contributed by atoms with Gasteiger partial charge in [-0.15, -0.1) is 0 Å². The van der Waals surface area contributed by atoms with Gasteiger partial charge >= 0.3 is 0 Å². The molecule has 1 aromatic carbocycles. The van der Waals surface area contributed by atoms with Gasteiger partial charge in [-0.3, -0.25) is 4.79 Å². The number of allylic oxidation sites excluding steroid dienone is 1. The number of carbonyl (C=O) groups excluding carboxylic acids is 1. The van der Waals surface area contributed by atoms with Crippen molar-refractivity contribution in [2.24, 2.45) is 5.14 Å². The monoisotopic (exact) mass is 322 g/mol. The lowest BCUT2D eigenvalue weighted by molar-refractivity contribution is 0.0953. The van der Waals surface area contributed by atoms with Crippen molar-refractivity contribution in [3.8, 4) is 0 Å². The number of rotatable bonds is 5. The third kappa shape index (κ3) is 4.68. The number of aryl methyl sites for hydroxylation is 1. The van der Waals surface area contributed by atoms with Crippen molar-refractivity contribution in [1.29, 1.82) is 0 Å². The molecule has 22 heavy (non-hydrogen) atoms. The molecule has 0 aliphatic heterocycles. The SMILES string of the molecule is Cc1cc(C(=O)NCCC2=CCCCC2)cc(S(N)(=O)=O)c1. The molecule has 0 unspecified atom stereocenters. The molecule has 0 aromatic heterocycles. The first kappa shape index (κ1) is 16.7. The summed E-state index contributed by atoms with van der Waals surface area (Å²) >= 11 is 0. The molecule has 0 atom stereocenters. The molecule has 0 heterocycles. The van der Waals surface area contributed by atoms with E-state index < -0.39 is 10.0 Å². The van der Waals surface area contributed by atoms with Gasteiger partial charge in [0.05, 0.1) is 4.90 Å². The summed E-state index contributed by atoms with van der Waals surface area (Å²) < 4.78 is 22.8. The van der Waals surface area contributed by atoms with E-state index in [1.807, 2.05) is 0 Å². The Morgan fingerprint density at radius 1 is 1.27 bits per heavy atom. The molecule has 3 N–H and O–H groups in total. The van der Waals surface area contributed by atoms with E-state index in [1.54, 1.807) is 13.0 Å². The fourth-order valence-electron chi connectivity index (χ4n) is 2.61. The van der Waals surface area contributed by atoms with Crippen LogP contribution in [0.1, 0.15) is 48.0 Å².